The van der Waals surface area contributed by atoms with Crippen molar-refractivity contribution < 1.29 is 27.4 Å². The van der Waals surface area contributed by atoms with Gasteiger partial charge >= 0.3 is 0 Å². The standard InChI is InChI=1S/C13H24ClNO6S/c1-2-19-5-6-21-8-7-20-4-3-15-10-12(9-13(15)16)11-22(14,17)18/h12H,2-11H2,1H3. The lowest BCUT2D eigenvalue weighted by molar-refractivity contribution is -0.128. The highest BCUT2D eigenvalue weighted by Crippen LogP contribution is 2.20. The van der Waals surface area contributed by atoms with Gasteiger partial charge in [-0.3, -0.25) is 4.79 Å². The minimum absolute atomic E-state index is 0.0538. The normalized spacial score (nSPS) is 19.1. The number of likely N-dealkylation sites (tertiary alicyclic amines) is 1. The lowest BCUT2D eigenvalue weighted by Crippen LogP contribution is -2.30. The molecule has 0 radical (unpaired) electrons. The van der Waals surface area contributed by atoms with Gasteiger partial charge in [-0.2, -0.15) is 0 Å². The van der Waals surface area contributed by atoms with E-state index in [-0.39, 0.29) is 24.0 Å². The SMILES string of the molecule is CCOCCOCCOCCN1CC(CS(=O)(=O)Cl)CC1=O. The van der Waals surface area contributed by atoms with Gasteiger partial charge in [0.1, 0.15) is 0 Å². The van der Waals surface area contributed by atoms with Gasteiger partial charge in [0.25, 0.3) is 0 Å². The van der Waals surface area contributed by atoms with Crippen molar-refractivity contribution in [3.05, 3.63) is 0 Å². The Labute approximate surface area is 136 Å². The first-order valence-electron chi connectivity index (χ1n) is 7.35. The Morgan fingerprint density at radius 1 is 1.14 bits per heavy atom. The molecule has 1 rings (SSSR count). The Balaban J connectivity index is 2.04. The van der Waals surface area contributed by atoms with Crippen molar-refractivity contribution in [2.45, 2.75) is 13.3 Å². The summed E-state index contributed by atoms with van der Waals surface area (Å²) in [7, 11) is 1.65. The Morgan fingerprint density at radius 2 is 1.73 bits per heavy atom. The summed E-state index contributed by atoms with van der Waals surface area (Å²) in [5.41, 5.74) is 0. The van der Waals surface area contributed by atoms with Crippen LogP contribution in [0.1, 0.15) is 13.3 Å². The zero-order chi connectivity index (χ0) is 16.4. The fourth-order valence-electron chi connectivity index (χ4n) is 2.22. The second kappa shape index (κ2) is 10.4. The molecule has 1 aliphatic heterocycles. The molecule has 130 valence electrons. The molecule has 1 aliphatic rings. The molecule has 0 N–H and O–H groups in total. The molecular formula is C13H24ClNO6S. The van der Waals surface area contributed by atoms with Crippen LogP contribution in [0.5, 0.6) is 0 Å². The van der Waals surface area contributed by atoms with Crippen molar-refractivity contribution in [2.75, 3.05) is 58.5 Å². The molecule has 1 saturated heterocycles. The predicted molar refractivity (Wildman–Crippen MR) is 82.5 cm³/mol. The zero-order valence-electron chi connectivity index (χ0n) is 12.8. The molecule has 1 fully saturated rings. The first kappa shape index (κ1) is 19.6. The molecule has 1 atom stereocenters. The van der Waals surface area contributed by atoms with Crippen LogP contribution < -0.4 is 0 Å². The molecule has 1 unspecified atom stereocenters. The van der Waals surface area contributed by atoms with Crippen LogP contribution in [0, 0.1) is 5.92 Å². The third-order valence-electron chi connectivity index (χ3n) is 3.18. The number of rotatable bonds is 12. The van der Waals surface area contributed by atoms with Gasteiger partial charge in [-0.15, -0.1) is 0 Å². The molecule has 1 heterocycles. The zero-order valence-corrected chi connectivity index (χ0v) is 14.4. The van der Waals surface area contributed by atoms with Crippen LogP contribution >= 0.6 is 10.7 Å². The fourth-order valence-corrected chi connectivity index (χ4v) is 3.54. The quantitative estimate of drug-likeness (QED) is 0.373. The van der Waals surface area contributed by atoms with Gasteiger partial charge in [0.15, 0.2) is 0 Å². The lowest BCUT2D eigenvalue weighted by atomic mass is 10.1. The van der Waals surface area contributed by atoms with Crippen LogP contribution in [0.4, 0.5) is 0 Å². The summed E-state index contributed by atoms with van der Waals surface area (Å²) in [6.45, 7) is 5.92. The number of halogens is 1. The van der Waals surface area contributed by atoms with Crippen LogP contribution in [0.2, 0.25) is 0 Å². The molecule has 22 heavy (non-hydrogen) atoms. The van der Waals surface area contributed by atoms with Crippen LogP contribution in [-0.2, 0) is 28.1 Å². The third-order valence-corrected chi connectivity index (χ3v) is 4.43. The number of nitrogens with zero attached hydrogens (tertiary/aromatic N) is 1. The molecule has 0 aliphatic carbocycles. The molecule has 7 nitrogen and oxygen atoms in total. The summed E-state index contributed by atoms with van der Waals surface area (Å²) < 4.78 is 37.8. The van der Waals surface area contributed by atoms with E-state index in [4.69, 9.17) is 24.9 Å². The predicted octanol–water partition coefficient (Wildman–Crippen LogP) is 0.473. The monoisotopic (exact) mass is 357 g/mol. The third kappa shape index (κ3) is 8.89. The van der Waals surface area contributed by atoms with Gasteiger partial charge in [0.05, 0.1) is 38.8 Å². The molecule has 0 aromatic rings. The number of hydrogen-bond acceptors (Lipinski definition) is 6. The van der Waals surface area contributed by atoms with Gasteiger partial charge in [-0.1, -0.05) is 0 Å². The van der Waals surface area contributed by atoms with Crippen molar-refractivity contribution in [3.8, 4) is 0 Å². The first-order valence-corrected chi connectivity index (χ1v) is 9.83. The van der Waals surface area contributed by atoms with Gasteiger partial charge in [-0.25, -0.2) is 8.42 Å². The van der Waals surface area contributed by atoms with Crippen molar-refractivity contribution in [1.29, 1.82) is 0 Å². The van der Waals surface area contributed by atoms with Crippen molar-refractivity contribution >= 4 is 25.6 Å². The summed E-state index contributed by atoms with van der Waals surface area (Å²) in [4.78, 5) is 13.3. The van der Waals surface area contributed by atoms with E-state index in [1.165, 1.54) is 0 Å². The summed E-state index contributed by atoms with van der Waals surface area (Å²) in [5, 5.41) is 0. The van der Waals surface area contributed by atoms with Crippen molar-refractivity contribution in [1.82, 2.24) is 4.90 Å². The van der Waals surface area contributed by atoms with Gasteiger partial charge in [-0.05, 0) is 6.92 Å². The molecule has 9 heteroatoms. The summed E-state index contributed by atoms with van der Waals surface area (Å²) >= 11 is 0. The van der Waals surface area contributed by atoms with Crippen LogP contribution in [0.3, 0.4) is 0 Å². The topological polar surface area (TPSA) is 82.1 Å². The highest BCUT2D eigenvalue weighted by molar-refractivity contribution is 8.13. The number of carbonyl (C=O) groups is 1. The average Bonchev–Trinajstić information content (AvgIpc) is 2.74. The van der Waals surface area contributed by atoms with Crippen molar-refractivity contribution in [2.24, 2.45) is 5.92 Å². The van der Waals surface area contributed by atoms with Crippen LogP contribution in [0.15, 0.2) is 0 Å². The number of carbonyl (C=O) groups excluding carboxylic acids is 1. The second-order valence-electron chi connectivity index (χ2n) is 5.04. The molecule has 1 amide bonds. The summed E-state index contributed by atoms with van der Waals surface area (Å²) in [5.74, 6) is -0.440. The van der Waals surface area contributed by atoms with Crippen molar-refractivity contribution in [3.63, 3.8) is 0 Å². The van der Waals surface area contributed by atoms with E-state index < -0.39 is 9.05 Å². The van der Waals surface area contributed by atoms with E-state index in [0.717, 1.165) is 0 Å². The average molecular weight is 358 g/mol. The lowest BCUT2D eigenvalue weighted by Gasteiger charge is -2.16. The molecule has 0 aromatic carbocycles. The van der Waals surface area contributed by atoms with Gasteiger partial charge < -0.3 is 19.1 Å². The minimum atomic E-state index is -3.56. The maximum Gasteiger partial charge on any atom is 0.232 e. The maximum atomic E-state index is 11.7. The summed E-state index contributed by atoms with van der Waals surface area (Å²) in [6.07, 6.45) is 0.229. The fraction of sp³-hybridized carbons (Fsp3) is 0.923. The highest BCUT2D eigenvalue weighted by atomic mass is 35.7. The van der Waals surface area contributed by atoms with E-state index in [9.17, 15) is 13.2 Å². The largest absolute Gasteiger partial charge is 0.379 e. The van der Waals surface area contributed by atoms with Crippen LogP contribution in [0.25, 0.3) is 0 Å². The number of hydrogen-bond donors (Lipinski definition) is 0. The molecule has 0 spiro atoms. The Hall–Kier alpha value is -0.410. The molecule has 0 bridgehead atoms. The van der Waals surface area contributed by atoms with E-state index >= 15 is 0 Å². The second-order valence-corrected chi connectivity index (χ2v) is 7.86. The highest BCUT2D eigenvalue weighted by Gasteiger charge is 2.31. The Bertz CT molecular complexity index is 430. The smallest absolute Gasteiger partial charge is 0.232 e. The molecule has 0 saturated carbocycles. The van der Waals surface area contributed by atoms with E-state index in [1.54, 1.807) is 4.90 Å². The number of amides is 1. The Morgan fingerprint density at radius 3 is 2.32 bits per heavy atom. The van der Waals surface area contributed by atoms with E-state index in [2.05, 4.69) is 0 Å². The van der Waals surface area contributed by atoms with Crippen LogP contribution in [-0.4, -0.2) is 77.7 Å². The molecule has 0 aromatic heterocycles. The maximum absolute atomic E-state index is 11.7. The number of ether oxygens (including phenoxy) is 3. The van der Waals surface area contributed by atoms with E-state index in [1.807, 2.05) is 6.92 Å². The van der Waals surface area contributed by atoms with E-state index in [0.29, 0.717) is 52.7 Å². The molecular weight excluding hydrogens is 334 g/mol. The van der Waals surface area contributed by atoms with Gasteiger partial charge in [0.2, 0.25) is 15.0 Å². The Kier molecular flexibility index (Phi) is 9.27. The van der Waals surface area contributed by atoms with Gasteiger partial charge in [0, 0.05) is 42.7 Å². The minimum Gasteiger partial charge on any atom is -0.379 e. The summed E-state index contributed by atoms with van der Waals surface area (Å²) in [6, 6.07) is 0. The first-order chi connectivity index (χ1) is 10.4.